The van der Waals surface area contributed by atoms with E-state index in [1.54, 1.807) is 0 Å². The number of hydrogen-bond donors (Lipinski definition) is 1. The van der Waals surface area contributed by atoms with E-state index in [1.807, 2.05) is 86.6 Å². The van der Waals surface area contributed by atoms with E-state index >= 15 is 0 Å². The number of rotatable bonds is 2. The van der Waals surface area contributed by atoms with Crippen molar-refractivity contribution in [2.24, 2.45) is 0 Å². The van der Waals surface area contributed by atoms with Crippen LogP contribution in [0.25, 0.3) is 60.4 Å². The molecule has 0 amide bonds. The monoisotopic (exact) mass is 701 g/mol. The van der Waals surface area contributed by atoms with Crippen molar-refractivity contribution in [3.05, 3.63) is 109 Å². The molecule has 40 heavy (non-hydrogen) atoms. The summed E-state index contributed by atoms with van der Waals surface area (Å²) in [5.74, 6) is 0.955. The van der Waals surface area contributed by atoms with Crippen molar-refractivity contribution in [3.8, 4) is 11.8 Å². The number of pyridine rings is 3. The third-order valence-corrected chi connectivity index (χ3v) is 6.53. The van der Waals surface area contributed by atoms with Crippen LogP contribution in [0.1, 0.15) is 13.8 Å². The fourth-order valence-electron chi connectivity index (χ4n) is 5.00. The van der Waals surface area contributed by atoms with Crippen LogP contribution >= 0.6 is 0 Å². The fraction of sp³-hybridized carbons (Fsp3) is 0.0606. The average Bonchev–Trinajstić information content (AvgIpc) is 3.51. The van der Waals surface area contributed by atoms with E-state index in [2.05, 4.69) is 45.2 Å². The molecule has 198 valence electrons. The topological polar surface area (TPSA) is 68.1 Å². The van der Waals surface area contributed by atoms with Gasteiger partial charge in [0.1, 0.15) is 11.3 Å². The normalized spacial score (nSPS) is 11.2. The van der Waals surface area contributed by atoms with E-state index < -0.39 is 0 Å². The molecular weight excluding hydrogens is 677 g/mol. The SMILES string of the molecule is C=C(C)C.[Pt].[c-]1cccc2c1c1nc(Oc3ccc4c(n3)[nH]c3ccccc34)ccc1c1nc3ccccc3n21. The average molecular weight is 702 g/mol. The zero-order chi connectivity index (χ0) is 26.5. The molecular formula is C33H24N5OPt-. The van der Waals surface area contributed by atoms with Gasteiger partial charge < -0.3 is 14.1 Å². The molecule has 3 aromatic carbocycles. The molecule has 0 radical (unpaired) electrons. The number of benzene rings is 3. The van der Waals surface area contributed by atoms with Gasteiger partial charge in [-0.1, -0.05) is 42.0 Å². The minimum absolute atomic E-state index is 0. The second-order valence-electron chi connectivity index (χ2n) is 9.76. The Bertz CT molecular complexity index is 2210. The van der Waals surface area contributed by atoms with Crippen LogP contribution in [0.4, 0.5) is 0 Å². The Labute approximate surface area is 244 Å². The van der Waals surface area contributed by atoms with Crippen molar-refractivity contribution >= 4 is 60.4 Å². The Balaban J connectivity index is 0.000000545. The van der Waals surface area contributed by atoms with E-state index in [4.69, 9.17) is 14.7 Å². The van der Waals surface area contributed by atoms with Crippen molar-refractivity contribution in [2.75, 3.05) is 0 Å². The van der Waals surface area contributed by atoms with Gasteiger partial charge >= 0.3 is 0 Å². The van der Waals surface area contributed by atoms with Gasteiger partial charge in [-0.25, -0.2) is 4.98 Å². The quantitative estimate of drug-likeness (QED) is 0.112. The van der Waals surface area contributed by atoms with Crippen molar-refractivity contribution in [3.63, 3.8) is 0 Å². The number of ether oxygens (including phenoxy) is 1. The number of H-pyrrole nitrogens is 1. The summed E-state index contributed by atoms with van der Waals surface area (Å²) < 4.78 is 8.30. The summed E-state index contributed by atoms with van der Waals surface area (Å²) in [5.41, 5.74) is 7.68. The first-order valence-corrected chi connectivity index (χ1v) is 12.7. The first-order chi connectivity index (χ1) is 19.1. The van der Waals surface area contributed by atoms with Gasteiger partial charge in [0.15, 0.2) is 0 Å². The molecule has 7 heteroatoms. The van der Waals surface area contributed by atoms with Gasteiger partial charge in [-0.15, -0.1) is 36.2 Å². The van der Waals surface area contributed by atoms with Crippen LogP contribution in [-0.4, -0.2) is 24.3 Å². The number of aromatic amines is 1. The molecule has 0 aliphatic rings. The number of aromatic nitrogens is 5. The first kappa shape index (κ1) is 25.7. The Morgan fingerprint density at radius 2 is 1.48 bits per heavy atom. The van der Waals surface area contributed by atoms with Gasteiger partial charge in [0, 0.05) is 54.3 Å². The Morgan fingerprint density at radius 3 is 2.33 bits per heavy atom. The van der Waals surface area contributed by atoms with Crippen LogP contribution in [-0.2, 0) is 21.1 Å². The minimum Gasteiger partial charge on any atom is -0.421 e. The maximum Gasteiger partial charge on any atom is 0.223 e. The van der Waals surface area contributed by atoms with E-state index in [0.717, 1.165) is 60.4 Å². The Kier molecular flexibility index (Phi) is 6.57. The van der Waals surface area contributed by atoms with Crippen LogP contribution in [0.5, 0.6) is 11.8 Å². The number of allylic oxidation sites excluding steroid dienone is 1. The molecule has 0 unspecified atom stereocenters. The molecule has 0 aliphatic heterocycles. The van der Waals surface area contributed by atoms with Crippen LogP contribution in [0.2, 0.25) is 0 Å². The molecule has 6 nitrogen and oxygen atoms in total. The predicted octanol–water partition coefficient (Wildman–Crippen LogP) is 8.39. The fourth-order valence-corrected chi connectivity index (χ4v) is 5.00. The molecule has 8 aromatic rings. The number of fused-ring (bicyclic) bond motifs is 11. The van der Waals surface area contributed by atoms with E-state index in [0.29, 0.717) is 11.8 Å². The summed E-state index contributed by atoms with van der Waals surface area (Å²) >= 11 is 0. The second-order valence-corrected chi connectivity index (χ2v) is 9.76. The summed E-state index contributed by atoms with van der Waals surface area (Å²) in [6, 6.07) is 33.5. The third-order valence-electron chi connectivity index (χ3n) is 6.53. The largest absolute Gasteiger partial charge is 0.421 e. The van der Waals surface area contributed by atoms with Crippen LogP contribution in [0, 0.1) is 6.07 Å². The molecule has 0 saturated carbocycles. The molecule has 5 aromatic heterocycles. The summed E-state index contributed by atoms with van der Waals surface area (Å²) in [4.78, 5) is 17.8. The van der Waals surface area contributed by atoms with Crippen molar-refractivity contribution < 1.29 is 25.8 Å². The van der Waals surface area contributed by atoms with Crippen molar-refractivity contribution in [1.82, 2.24) is 24.3 Å². The first-order valence-electron chi connectivity index (χ1n) is 12.7. The number of imidazole rings is 1. The summed E-state index contributed by atoms with van der Waals surface area (Å²) in [6.07, 6.45) is 0. The molecule has 0 saturated heterocycles. The van der Waals surface area contributed by atoms with Gasteiger partial charge in [-0.3, -0.25) is 4.98 Å². The molecule has 1 N–H and O–H groups in total. The molecule has 8 rings (SSSR count). The Hall–Kier alpha value is -4.54. The van der Waals surface area contributed by atoms with E-state index in [9.17, 15) is 0 Å². The molecule has 0 fully saturated rings. The van der Waals surface area contributed by atoms with E-state index in [-0.39, 0.29) is 21.1 Å². The Morgan fingerprint density at radius 1 is 0.775 bits per heavy atom. The van der Waals surface area contributed by atoms with E-state index in [1.165, 1.54) is 5.57 Å². The summed E-state index contributed by atoms with van der Waals surface area (Å²) in [7, 11) is 0. The van der Waals surface area contributed by atoms with Gasteiger partial charge in [0.05, 0.1) is 11.0 Å². The van der Waals surface area contributed by atoms with Crippen molar-refractivity contribution in [1.29, 1.82) is 0 Å². The number of hydrogen-bond acceptors (Lipinski definition) is 4. The maximum atomic E-state index is 6.13. The van der Waals surface area contributed by atoms with Crippen LogP contribution in [0.3, 0.4) is 0 Å². The smallest absolute Gasteiger partial charge is 0.223 e. The number of nitrogens with zero attached hydrogens (tertiary/aromatic N) is 4. The standard InChI is InChI=1S/C29H16N5O.C4H8.Pt/c1-3-9-21-17(7-1)18-13-15-26(33-28(18)30-21)35-25-16-14-20-27(32-25)19-8-2-5-11-23(19)34-24-12-6-4-10-22(24)31-29(20)34;1-4(2)3;/h1-7,9-16H,(H,30,33);1H2,2-3H3;/q-1;;. The van der Waals surface area contributed by atoms with Crippen LogP contribution < -0.4 is 4.74 Å². The molecule has 5 heterocycles. The predicted molar refractivity (Wildman–Crippen MR) is 159 cm³/mol. The van der Waals surface area contributed by atoms with Gasteiger partial charge in [0.25, 0.3) is 0 Å². The van der Waals surface area contributed by atoms with Crippen molar-refractivity contribution in [2.45, 2.75) is 13.8 Å². The van der Waals surface area contributed by atoms with Crippen LogP contribution in [0.15, 0.2) is 103 Å². The molecule has 0 atom stereocenters. The second kappa shape index (κ2) is 10.2. The number of nitrogens with one attached hydrogen (secondary N) is 1. The number of para-hydroxylation sites is 3. The van der Waals surface area contributed by atoms with Gasteiger partial charge in [-0.2, -0.15) is 4.98 Å². The molecule has 0 bridgehead atoms. The zero-order valence-electron chi connectivity index (χ0n) is 21.9. The van der Waals surface area contributed by atoms with Gasteiger partial charge in [0.2, 0.25) is 11.8 Å². The molecule has 0 spiro atoms. The third kappa shape index (κ3) is 4.31. The zero-order valence-corrected chi connectivity index (χ0v) is 24.2. The summed E-state index contributed by atoms with van der Waals surface area (Å²) in [6.45, 7) is 7.50. The summed E-state index contributed by atoms with van der Waals surface area (Å²) in [5, 5.41) is 4.07. The minimum atomic E-state index is 0. The molecule has 0 aliphatic carbocycles. The maximum absolute atomic E-state index is 6.13. The van der Waals surface area contributed by atoms with Gasteiger partial charge in [-0.05, 0) is 49.7 Å².